The molecule has 96 valence electrons. The average Bonchev–Trinajstić information content (AvgIpc) is 2.29. The van der Waals surface area contributed by atoms with Gasteiger partial charge in [-0.05, 0) is 25.0 Å². The second-order valence-electron chi connectivity index (χ2n) is 4.22. The second kappa shape index (κ2) is 6.30. The van der Waals surface area contributed by atoms with Gasteiger partial charge < -0.3 is 20.9 Å². The molecule has 5 nitrogen and oxygen atoms in total. The maximum atomic E-state index is 9.67. The summed E-state index contributed by atoms with van der Waals surface area (Å²) in [5.74, 6) is 1.29. The Hall–Kier alpha value is -1.49. The van der Waals surface area contributed by atoms with Crippen molar-refractivity contribution >= 4 is 11.5 Å². The first kappa shape index (κ1) is 13.6. The van der Waals surface area contributed by atoms with Gasteiger partial charge >= 0.3 is 0 Å². The molecule has 0 fully saturated rings. The van der Waals surface area contributed by atoms with Gasteiger partial charge in [-0.25, -0.2) is 0 Å². The fraction of sp³-hybridized carbons (Fsp3) is 0.583. The molecule has 0 aliphatic heterocycles. The van der Waals surface area contributed by atoms with E-state index in [-0.39, 0.29) is 5.92 Å². The standard InChI is InChI=1S/C12H21N3O2/c1-4-17-12-9(13)5-6-11(15-12)14-7-10(16)8(2)3/h5-6,8,10,16H,4,7,13H2,1-3H3,(H,14,15). The van der Waals surface area contributed by atoms with Gasteiger partial charge in [0.1, 0.15) is 5.82 Å². The summed E-state index contributed by atoms with van der Waals surface area (Å²) in [4.78, 5) is 4.22. The smallest absolute Gasteiger partial charge is 0.239 e. The predicted molar refractivity (Wildman–Crippen MR) is 69.2 cm³/mol. The molecule has 1 aromatic heterocycles. The van der Waals surface area contributed by atoms with Crippen molar-refractivity contribution in [1.82, 2.24) is 4.98 Å². The van der Waals surface area contributed by atoms with Gasteiger partial charge in [0.25, 0.3) is 0 Å². The van der Waals surface area contributed by atoms with Crippen LogP contribution in [0, 0.1) is 5.92 Å². The van der Waals surface area contributed by atoms with Crippen LogP contribution in [0.15, 0.2) is 12.1 Å². The zero-order chi connectivity index (χ0) is 12.8. The number of nitrogen functional groups attached to an aromatic ring is 1. The Bertz CT molecular complexity index is 356. The van der Waals surface area contributed by atoms with Crippen LogP contribution < -0.4 is 15.8 Å². The Kier molecular flexibility index (Phi) is 5.03. The number of rotatable bonds is 6. The summed E-state index contributed by atoms with van der Waals surface area (Å²) in [5, 5.41) is 12.7. The summed E-state index contributed by atoms with van der Waals surface area (Å²) in [6.45, 7) is 6.79. The molecule has 0 aliphatic carbocycles. The highest BCUT2D eigenvalue weighted by molar-refractivity contribution is 5.53. The second-order valence-corrected chi connectivity index (χ2v) is 4.22. The van der Waals surface area contributed by atoms with E-state index in [9.17, 15) is 5.11 Å². The van der Waals surface area contributed by atoms with Gasteiger partial charge in [-0.3, -0.25) is 0 Å². The molecule has 1 aromatic rings. The lowest BCUT2D eigenvalue weighted by Gasteiger charge is -2.16. The van der Waals surface area contributed by atoms with Crippen LogP contribution in [-0.2, 0) is 0 Å². The van der Waals surface area contributed by atoms with Crippen LogP contribution in [-0.4, -0.2) is 29.3 Å². The van der Waals surface area contributed by atoms with Crippen LogP contribution in [0.3, 0.4) is 0 Å². The molecule has 17 heavy (non-hydrogen) atoms. The zero-order valence-electron chi connectivity index (χ0n) is 10.6. The largest absolute Gasteiger partial charge is 0.476 e. The Morgan fingerprint density at radius 3 is 2.76 bits per heavy atom. The third-order valence-corrected chi connectivity index (χ3v) is 2.43. The van der Waals surface area contributed by atoms with Crippen molar-refractivity contribution in [2.24, 2.45) is 5.92 Å². The Morgan fingerprint density at radius 2 is 2.18 bits per heavy atom. The molecule has 0 bridgehead atoms. The highest BCUT2D eigenvalue weighted by atomic mass is 16.5. The molecule has 0 spiro atoms. The quantitative estimate of drug-likeness (QED) is 0.701. The van der Waals surface area contributed by atoms with Gasteiger partial charge in [0.2, 0.25) is 5.88 Å². The van der Waals surface area contributed by atoms with Gasteiger partial charge in [-0.1, -0.05) is 13.8 Å². The zero-order valence-corrected chi connectivity index (χ0v) is 10.6. The Morgan fingerprint density at radius 1 is 1.47 bits per heavy atom. The monoisotopic (exact) mass is 239 g/mol. The number of nitrogens with zero attached hydrogens (tertiary/aromatic N) is 1. The van der Waals surface area contributed by atoms with E-state index in [1.54, 1.807) is 12.1 Å². The maximum Gasteiger partial charge on any atom is 0.239 e. The normalized spacial score (nSPS) is 12.5. The highest BCUT2D eigenvalue weighted by Crippen LogP contribution is 2.20. The van der Waals surface area contributed by atoms with Crippen molar-refractivity contribution in [3.63, 3.8) is 0 Å². The molecule has 1 unspecified atom stereocenters. The number of anilines is 2. The predicted octanol–water partition coefficient (Wildman–Crippen LogP) is 1.49. The summed E-state index contributed by atoms with van der Waals surface area (Å²) in [7, 11) is 0. The maximum absolute atomic E-state index is 9.67. The van der Waals surface area contributed by atoms with Gasteiger partial charge in [0, 0.05) is 6.54 Å². The molecule has 1 heterocycles. The van der Waals surface area contributed by atoms with E-state index >= 15 is 0 Å². The number of aliphatic hydroxyl groups excluding tert-OH is 1. The van der Waals surface area contributed by atoms with Crippen molar-refractivity contribution in [3.05, 3.63) is 12.1 Å². The van der Waals surface area contributed by atoms with E-state index in [0.29, 0.717) is 30.5 Å². The summed E-state index contributed by atoms with van der Waals surface area (Å²) >= 11 is 0. The van der Waals surface area contributed by atoms with Crippen LogP contribution in [0.1, 0.15) is 20.8 Å². The number of nitrogens with two attached hydrogens (primary N) is 1. The first-order valence-corrected chi connectivity index (χ1v) is 5.85. The van der Waals surface area contributed by atoms with Crippen LogP contribution in [0.2, 0.25) is 0 Å². The Balaban J connectivity index is 2.62. The van der Waals surface area contributed by atoms with Crippen LogP contribution in [0.25, 0.3) is 0 Å². The van der Waals surface area contributed by atoms with Crippen molar-refractivity contribution in [2.75, 3.05) is 24.2 Å². The minimum Gasteiger partial charge on any atom is -0.476 e. The first-order chi connectivity index (χ1) is 8.04. The third kappa shape index (κ3) is 4.11. The lowest BCUT2D eigenvalue weighted by Crippen LogP contribution is -2.25. The summed E-state index contributed by atoms with van der Waals surface area (Å²) in [6.07, 6.45) is -0.398. The van der Waals surface area contributed by atoms with E-state index in [2.05, 4.69) is 10.3 Å². The van der Waals surface area contributed by atoms with Crippen molar-refractivity contribution in [2.45, 2.75) is 26.9 Å². The molecule has 1 atom stereocenters. The number of nitrogens with one attached hydrogen (secondary N) is 1. The number of ether oxygens (including phenoxy) is 1. The number of aromatic nitrogens is 1. The van der Waals surface area contributed by atoms with Crippen molar-refractivity contribution in [1.29, 1.82) is 0 Å². The summed E-state index contributed by atoms with van der Waals surface area (Å²) in [6, 6.07) is 3.51. The van der Waals surface area contributed by atoms with Gasteiger partial charge in [-0.15, -0.1) is 0 Å². The summed E-state index contributed by atoms with van der Waals surface area (Å²) < 4.78 is 5.29. The van der Waals surface area contributed by atoms with E-state index in [1.807, 2.05) is 20.8 Å². The fourth-order valence-electron chi connectivity index (χ4n) is 1.25. The Labute approximate surface area is 102 Å². The molecule has 5 heteroatoms. The highest BCUT2D eigenvalue weighted by Gasteiger charge is 2.09. The molecule has 0 radical (unpaired) electrons. The number of pyridine rings is 1. The lowest BCUT2D eigenvalue weighted by molar-refractivity contribution is 0.138. The van der Waals surface area contributed by atoms with Crippen molar-refractivity contribution in [3.8, 4) is 5.88 Å². The van der Waals surface area contributed by atoms with Crippen LogP contribution in [0.5, 0.6) is 5.88 Å². The van der Waals surface area contributed by atoms with Gasteiger partial charge in [-0.2, -0.15) is 4.98 Å². The number of hydrogen-bond donors (Lipinski definition) is 3. The van der Waals surface area contributed by atoms with Crippen LogP contribution >= 0.6 is 0 Å². The first-order valence-electron chi connectivity index (χ1n) is 5.85. The summed E-state index contributed by atoms with van der Waals surface area (Å²) in [5.41, 5.74) is 6.23. The van der Waals surface area contributed by atoms with E-state index in [1.165, 1.54) is 0 Å². The molecule has 0 amide bonds. The molecule has 4 N–H and O–H groups in total. The molecule has 1 rings (SSSR count). The number of aliphatic hydroxyl groups is 1. The van der Waals surface area contributed by atoms with E-state index < -0.39 is 6.10 Å². The van der Waals surface area contributed by atoms with Gasteiger partial charge in [0.05, 0.1) is 18.4 Å². The molecule has 0 aliphatic rings. The minimum absolute atomic E-state index is 0.211. The minimum atomic E-state index is -0.398. The lowest BCUT2D eigenvalue weighted by atomic mass is 10.1. The van der Waals surface area contributed by atoms with E-state index in [4.69, 9.17) is 10.5 Å². The topological polar surface area (TPSA) is 80.4 Å². The molecular formula is C12H21N3O2. The van der Waals surface area contributed by atoms with Crippen LogP contribution in [0.4, 0.5) is 11.5 Å². The molecular weight excluding hydrogens is 218 g/mol. The van der Waals surface area contributed by atoms with Crippen molar-refractivity contribution < 1.29 is 9.84 Å². The molecule has 0 saturated carbocycles. The van der Waals surface area contributed by atoms with E-state index in [0.717, 1.165) is 0 Å². The molecule has 0 saturated heterocycles. The average molecular weight is 239 g/mol. The third-order valence-electron chi connectivity index (χ3n) is 2.43. The van der Waals surface area contributed by atoms with Gasteiger partial charge in [0.15, 0.2) is 0 Å². The fourth-order valence-corrected chi connectivity index (χ4v) is 1.25. The number of hydrogen-bond acceptors (Lipinski definition) is 5. The molecule has 0 aromatic carbocycles. The SMILES string of the molecule is CCOc1nc(NCC(O)C(C)C)ccc1N.